The van der Waals surface area contributed by atoms with Crippen molar-refractivity contribution >= 4 is 181 Å². The summed E-state index contributed by atoms with van der Waals surface area (Å²) in [5.41, 5.74) is 38.6. The van der Waals surface area contributed by atoms with Gasteiger partial charge in [0.2, 0.25) is 0 Å². The minimum absolute atomic E-state index is 0.0252. The molecule has 11 aromatic heterocycles. The monoisotopic (exact) mass is 2010 g/mol. The maximum atomic E-state index is 16.0. The van der Waals surface area contributed by atoms with Gasteiger partial charge in [-0.1, -0.05) is 0 Å². The summed E-state index contributed by atoms with van der Waals surface area (Å²) in [4.78, 5) is 102. The van der Waals surface area contributed by atoms with Crippen LogP contribution in [0.4, 0.5) is 60.9 Å². The molecule has 133 heavy (non-hydrogen) atoms. The average molecular weight is 2010 g/mol. The number of nitrogen functional groups attached to an aromatic ring is 5. The number of hydrogen-bond donors (Lipinski definition) is 9. The Hall–Kier alpha value is -8.96. The fourth-order valence-electron chi connectivity index (χ4n) is 15.7. The van der Waals surface area contributed by atoms with Crippen LogP contribution < -0.4 is 34.4 Å². The number of alkyl halides is 6. The van der Waals surface area contributed by atoms with Crippen molar-refractivity contribution in [3.63, 3.8) is 0 Å². The topological polar surface area (TPSA) is 695 Å². The van der Waals surface area contributed by atoms with Crippen LogP contribution in [0.1, 0.15) is 54.3 Å². The SMILES string of the molecule is [BH3-]P1(=O)OC[C@H]2O[C@@H](n3cnc4c(N)ncnc43)[C@H](F)[C@@H]2OP(=O)(O)OC[C@H]2O[C@@H](n3cnc4c(N)ccnc43)[C@H](O1)C2F.[BH3-]P1(=O)OC[C@H]2O[C@@H](n3cnc4c(N)ncnc43)[C@H](F)[C@@H]2OP(O)(=S)OC[C@H]2O[C@@H](n3cnc4c(N)ccnc43)[C@H](O1)C2F.[BH3-]P1(=O)OC[C@H]2O[C@@H](n3cnc4c3N=C(N)CC4=O)[C@H](F)[C@@H]2OP(=O)(O)OCC2O[C@@H](n3cnc4c(N)ccnc43)[C@H](F)[C@@H]2O1. The van der Waals surface area contributed by atoms with Crippen LogP contribution in [0, 0.1) is 0 Å². The highest BCUT2D eigenvalue weighted by Crippen LogP contribution is 2.60. The zero-order valence-electron chi connectivity index (χ0n) is 65.3. The number of carbonyl (C=O) groups excluding carboxylic acids is 1. The molecule has 9 saturated heterocycles. The summed E-state index contributed by atoms with van der Waals surface area (Å²) in [6, 6.07) is 4.60. The number of phosphoric acid groups is 2. The van der Waals surface area contributed by atoms with Crippen LogP contribution in [0.15, 0.2) is 92.4 Å². The van der Waals surface area contributed by atoms with Gasteiger partial charge in [0.15, 0.2) is 132 Å². The van der Waals surface area contributed by atoms with Crippen molar-refractivity contribution in [1.29, 1.82) is 0 Å². The summed E-state index contributed by atoms with van der Waals surface area (Å²) in [6.07, 6.45) is -24.5. The lowest BCUT2D eigenvalue weighted by molar-refractivity contribution is -0.0613. The summed E-state index contributed by atoms with van der Waals surface area (Å²) in [7, 11) is -25.7. The van der Waals surface area contributed by atoms with E-state index in [1.807, 2.05) is 0 Å². The van der Waals surface area contributed by atoms with Gasteiger partial charge in [-0.05, 0) is 30.0 Å². The highest BCUT2D eigenvalue weighted by atomic mass is 32.5. The molecule has 0 amide bonds. The van der Waals surface area contributed by atoms with Crippen LogP contribution in [0.5, 0.6) is 0 Å². The number of amidine groups is 1. The number of nitrogens with zero attached hydrogens (tertiary/aromatic N) is 20. The number of carbonyl (C=O) groups is 1. The first kappa shape index (κ1) is 93.1. The van der Waals surface area contributed by atoms with Gasteiger partial charge in [-0.3, -0.25) is 54.8 Å². The zero-order valence-corrected chi connectivity index (χ0v) is 71.5. The van der Waals surface area contributed by atoms with Crippen molar-refractivity contribution in [2.45, 2.75) is 154 Å². The van der Waals surface area contributed by atoms with Crippen LogP contribution in [0.3, 0.4) is 0 Å². The summed E-state index contributed by atoms with van der Waals surface area (Å²) in [5, 5.41) is 0. The van der Waals surface area contributed by atoms with E-state index in [2.05, 4.69) is 69.8 Å². The Morgan fingerprint density at radius 3 is 1.07 bits per heavy atom. The van der Waals surface area contributed by atoms with Crippen molar-refractivity contribution in [3.8, 4) is 0 Å². The smallest absolute Gasteiger partial charge is 0.397 e. The van der Waals surface area contributed by atoms with Gasteiger partial charge >= 0.3 is 22.4 Å². The Balaban J connectivity index is 0.000000129. The number of Topliss-reactive ketones (excluding diaryl/α,β-unsaturated/α-hetero) is 1. The van der Waals surface area contributed by atoms with E-state index in [0.29, 0.717) is 28.1 Å². The fourth-order valence-corrected chi connectivity index (χ4v) is 21.3. The van der Waals surface area contributed by atoms with Crippen LogP contribution in [0.25, 0.3) is 55.8 Å². The molecule has 0 radical (unpaired) electrons. The van der Waals surface area contributed by atoms with Gasteiger partial charge in [0, 0.05) is 18.6 Å². The number of ketones is 1. The van der Waals surface area contributed by atoms with Gasteiger partial charge in [0.1, 0.15) is 142 Å². The summed E-state index contributed by atoms with van der Waals surface area (Å²) < 4.78 is 271. The molecule has 0 saturated carbocycles. The molecule has 10 aliphatic heterocycles. The lowest BCUT2D eigenvalue weighted by atomic mass is 10.1. The average Bonchev–Trinajstić information content (AvgIpc) is 1.62. The molecule has 11 aromatic rings. The second kappa shape index (κ2) is 35.6. The maximum Gasteiger partial charge on any atom is 0.472 e. The van der Waals surface area contributed by atoms with Crippen LogP contribution in [-0.4, -0.2) is 291 Å². The van der Waals surface area contributed by atoms with Crippen molar-refractivity contribution in [3.05, 3.63) is 93.1 Å². The number of ether oxygens (including phenoxy) is 6. The van der Waals surface area contributed by atoms with Gasteiger partial charge in [0.05, 0.1) is 124 Å². The molecule has 9 fully saturated rings. The van der Waals surface area contributed by atoms with Gasteiger partial charge in [-0.25, -0.2) is 105 Å². The molecule has 0 aliphatic carbocycles. The first-order valence-corrected chi connectivity index (χ1v) is 47.1. The number of pyridine rings is 3. The van der Waals surface area contributed by atoms with E-state index < -0.39 is 261 Å². The molecule has 69 heteroatoms. The fraction of sp³-hybridized carbons (Fsp3) is 0.484. The normalized spacial score (nSPS) is 38.5. The van der Waals surface area contributed by atoms with E-state index in [4.69, 9.17) is 129 Å². The highest BCUT2D eigenvalue weighted by molar-refractivity contribution is 8.07. The number of hydrogen-bond acceptors (Lipinski definition) is 45. The molecular formula is C64H76B3F6N26O27P6S-3. The van der Waals surface area contributed by atoms with E-state index >= 15 is 26.3 Å². The molecule has 53 nitrogen and oxygen atoms in total. The van der Waals surface area contributed by atoms with Crippen LogP contribution in [0.2, 0.25) is 0 Å². The summed E-state index contributed by atoms with van der Waals surface area (Å²) >= 11 is 5.17. The van der Waals surface area contributed by atoms with Crippen molar-refractivity contribution in [1.82, 2.24) is 92.2 Å². The molecule has 9 unspecified atom stereocenters. The summed E-state index contributed by atoms with van der Waals surface area (Å²) in [6.45, 7) is -8.16. The van der Waals surface area contributed by atoms with Gasteiger partial charge < -0.3 is 123 Å². The lowest BCUT2D eigenvalue weighted by Gasteiger charge is -2.30. The second-order valence-electron chi connectivity index (χ2n) is 29.7. The Kier molecular flexibility index (Phi) is 24.9. The largest absolute Gasteiger partial charge is 0.472 e. The van der Waals surface area contributed by atoms with Crippen LogP contribution >= 0.6 is 44.8 Å². The number of halogens is 6. The zero-order chi connectivity index (χ0) is 93.8. The minimum Gasteiger partial charge on any atom is -0.397 e. The third-order valence-electron chi connectivity index (χ3n) is 21.7. The molecular weight excluding hydrogens is 1930 g/mol. The number of anilines is 5. The summed E-state index contributed by atoms with van der Waals surface area (Å²) in [5.74, 6) is -0.420. The molecule has 4 bridgehead atoms. The molecule has 0 spiro atoms. The van der Waals surface area contributed by atoms with Crippen molar-refractivity contribution in [2.24, 2.45) is 10.7 Å². The molecule has 10 aliphatic rings. The highest BCUT2D eigenvalue weighted by Gasteiger charge is 2.59. The molecule has 15 N–H and O–H groups in total. The molecule has 714 valence electrons. The predicted octanol–water partition coefficient (Wildman–Crippen LogP) is 1.06. The Morgan fingerprint density at radius 1 is 0.361 bits per heavy atom. The third-order valence-corrected chi connectivity index (χ3v) is 27.6. The number of phosphoric ester groups is 2. The minimum atomic E-state index is -5.08. The van der Waals surface area contributed by atoms with Crippen molar-refractivity contribution < 1.29 is 151 Å². The first-order chi connectivity index (χ1) is 63.2. The Bertz CT molecular complexity index is 6460. The number of rotatable bonds is 6. The van der Waals surface area contributed by atoms with Gasteiger partial charge in [0.25, 0.3) is 0 Å². The number of fused-ring (bicyclic) bond motifs is 14. The maximum absolute atomic E-state index is 16.0. The van der Waals surface area contributed by atoms with Crippen LogP contribution in [-0.2, 0) is 117 Å². The quantitative estimate of drug-likeness (QED) is 0.0638. The predicted molar refractivity (Wildman–Crippen MR) is 454 cm³/mol. The number of aromatic nitrogens is 19. The first-order valence-electron chi connectivity index (χ1n) is 38.3. The molecule has 30 atom stereocenters. The standard InChI is InChI=1S/C22H26BF2N8O10P2.C21H25BF2N9O9P2.C21H25BF2N9O8P2S/c23-44(35)38-4-10-18(14(25)22(40-10)33-7-30-16-9(34)3-12(27)31-20(16)33)43-45(36,37)39-5-11-17(42-44)13(24)21(41-11)32-6-29-15-8(26)1-2-28-19(15)32;22-43(34)37-4-10-15(12(24)20(40-10)32-7-31-14-17(26)28-5-29-19(14)32)42-44(35,36)38-3-9-11(23)16(41-43)21(39-9)33-6-30-13-8(25)1-2-27-18(13)33;22-42(34)36-4-10-15(12(24)20(39-10)32-7-31-14-17(26)28-5-29-19(14)32)41-43(35,44)37-3-9-11(23)16(40-42)21(38-9)33-6-30-13-8(25)1-2-27-18(13)33/h1-2,6-7,10-11,13-14,17-18,21-22H,3-5H2,23H3,(H2,26,28)(H2,27,31)(H,36,37);1-2,5-7,9-12,15-16,20-21H,3-4H2,22H3,(H2,25,27)(H,35,36)(H2,26,28,29);1-2,5-7,9-12,15-16,20-21H,3-4H2,22H3,(H2,25,27)(H,35,44)(H2,26,28,29)/q3*-1/t10-,11?,13-,14-,17-,18-,21-,22-,44?;9-,10-,11?,12-,15-,16-,20-,21-,43?;9-,10-,11?,12-,15-,16-,20-,21-,42?,43?/m111/s1. The van der Waals surface area contributed by atoms with E-state index in [0.717, 1.165) is 17.2 Å². The van der Waals surface area contributed by atoms with E-state index in [1.165, 1.54) is 91.5 Å². The third kappa shape index (κ3) is 17.9. The number of aliphatic imine (C=N–C) groups is 1. The Labute approximate surface area is 747 Å². The molecule has 21 rings (SSSR count). The van der Waals surface area contributed by atoms with E-state index in [-0.39, 0.29) is 80.2 Å². The second-order valence-corrected chi connectivity index (χ2v) is 38.0. The van der Waals surface area contributed by atoms with Crippen molar-refractivity contribution in [2.75, 3.05) is 68.3 Å². The van der Waals surface area contributed by atoms with E-state index in [9.17, 15) is 42.3 Å². The molecule has 21 heterocycles. The van der Waals surface area contributed by atoms with Gasteiger partial charge in [-0.2, -0.15) is 0 Å². The Morgan fingerprint density at radius 2 is 0.669 bits per heavy atom. The number of imidazole rings is 6. The lowest BCUT2D eigenvalue weighted by Crippen LogP contribution is -2.37. The molecule has 0 aromatic carbocycles. The number of nitrogens with two attached hydrogens (primary N) is 6. The van der Waals surface area contributed by atoms with E-state index in [1.54, 1.807) is 6.07 Å². The van der Waals surface area contributed by atoms with Gasteiger partial charge in [-0.15, -0.1) is 0 Å².